The molecule has 0 bridgehead atoms. The molecule has 0 saturated carbocycles. The van der Waals surface area contributed by atoms with Crippen LogP contribution < -0.4 is 16.0 Å². The van der Waals surface area contributed by atoms with Crippen molar-refractivity contribution in [3.8, 4) is 5.75 Å². The fraction of sp³-hybridized carbons (Fsp3) is 0.409. The lowest BCUT2D eigenvalue weighted by molar-refractivity contribution is 0.136. The molecule has 2 aromatic heterocycles. The minimum absolute atomic E-state index is 0.0253. The van der Waals surface area contributed by atoms with E-state index in [1.807, 2.05) is 30.5 Å². The lowest BCUT2D eigenvalue weighted by Gasteiger charge is -2.40. The molecule has 1 atom stereocenters. The number of nitrogens with zero attached hydrogens (tertiary/aromatic N) is 3. The highest BCUT2D eigenvalue weighted by Crippen LogP contribution is 2.44. The van der Waals surface area contributed by atoms with E-state index < -0.39 is 0 Å². The number of nitrogen functional groups attached to an aromatic ring is 1. The third kappa shape index (κ3) is 3.15. The summed E-state index contributed by atoms with van der Waals surface area (Å²) in [6.45, 7) is 2.50. The lowest BCUT2D eigenvalue weighted by Crippen LogP contribution is -2.45. The average molecular weight is 391 g/mol. The number of hydrogen-bond donors (Lipinski definition) is 2. The molecular formula is C22H25N5O2. The molecule has 7 nitrogen and oxygen atoms in total. The molecule has 1 aliphatic carbocycles. The first-order chi connectivity index (χ1) is 14.1. The van der Waals surface area contributed by atoms with E-state index in [9.17, 15) is 4.79 Å². The number of nitrogens with two attached hydrogens (primary N) is 1. The summed E-state index contributed by atoms with van der Waals surface area (Å²) in [5.74, 6) is 1.13. The normalized spacial score (nSPS) is 21.6. The minimum Gasteiger partial charge on any atom is -0.497 e. The first-order valence-electron chi connectivity index (χ1n) is 10.1. The molecule has 1 spiro atoms. The zero-order valence-electron chi connectivity index (χ0n) is 16.6. The van der Waals surface area contributed by atoms with Gasteiger partial charge in [0.1, 0.15) is 5.75 Å². The van der Waals surface area contributed by atoms with E-state index in [1.54, 1.807) is 7.11 Å². The van der Waals surface area contributed by atoms with Gasteiger partial charge in [-0.25, -0.2) is 9.97 Å². The Morgan fingerprint density at radius 1 is 1.31 bits per heavy atom. The number of aryl methyl sites for hydroxylation is 1. The number of aromatic nitrogens is 3. The van der Waals surface area contributed by atoms with Gasteiger partial charge in [-0.2, -0.15) is 0 Å². The molecule has 3 heterocycles. The topological polar surface area (TPSA) is 97.1 Å². The molecule has 1 unspecified atom stereocenters. The number of hydrogen-bond acceptors (Lipinski definition) is 6. The lowest BCUT2D eigenvalue weighted by atomic mass is 9.77. The minimum atomic E-state index is -0.0271. The number of methoxy groups -OCH3 is 1. The summed E-state index contributed by atoms with van der Waals surface area (Å²) in [4.78, 5) is 26.8. The molecule has 2 aliphatic rings. The molecular weight excluding hydrogens is 366 g/mol. The Labute approximate surface area is 168 Å². The van der Waals surface area contributed by atoms with Crippen LogP contribution in [0.1, 0.15) is 36.1 Å². The van der Waals surface area contributed by atoms with Gasteiger partial charge in [-0.3, -0.25) is 9.69 Å². The van der Waals surface area contributed by atoms with E-state index in [0.29, 0.717) is 12.5 Å². The van der Waals surface area contributed by atoms with Gasteiger partial charge in [0.05, 0.1) is 12.8 Å². The van der Waals surface area contributed by atoms with E-state index >= 15 is 0 Å². The van der Waals surface area contributed by atoms with Crippen molar-refractivity contribution in [2.75, 3.05) is 25.9 Å². The van der Waals surface area contributed by atoms with Crippen molar-refractivity contribution in [2.24, 2.45) is 0 Å². The van der Waals surface area contributed by atoms with Crippen molar-refractivity contribution in [3.05, 3.63) is 57.6 Å². The van der Waals surface area contributed by atoms with E-state index in [-0.39, 0.29) is 11.0 Å². The molecule has 1 saturated heterocycles. The van der Waals surface area contributed by atoms with Crippen LogP contribution in [0.15, 0.2) is 35.3 Å². The molecule has 5 rings (SSSR count). The number of likely N-dealkylation sites (tertiary alicyclic amines) is 1. The maximum absolute atomic E-state index is 12.7. The Hall–Kier alpha value is -2.93. The number of rotatable bonds is 3. The maximum atomic E-state index is 12.7. The number of ether oxygens (including phenoxy) is 1. The van der Waals surface area contributed by atoms with Crippen LogP contribution in [0.2, 0.25) is 0 Å². The molecule has 7 heteroatoms. The highest BCUT2D eigenvalue weighted by Gasteiger charge is 2.43. The third-order valence-electron chi connectivity index (χ3n) is 6.44. The van der Waals surface area contributed by atoms with Crippen LogP contribution in [-0.2, 0) is 18.4 Å². The van der Waals surface area contributed by atoms with Crippen LogP contribution >= 0.6 is 0 Å². The zero-order chi connectivity index (χ0) is 20.0. The van der Waals surface area contributed by atoms with E-state index in [0.717, 1.165) is 66.7 Å². The molecule has 1 aromatic carbocycles. The van der Waals surface area contributed by atoms with Gasteiger partial charge in [0.2, 0.25) is 5.95 Å². The van der Waals surface area contributed by atoms with Crippen LogP contribution in [0, 0.1) is 0 Å². The predicted octanol–water partition coefficient (Wildman–Crippen LogP) is 2.39. The first kappa shape index (κ1) is 18.1. The first-order valence-corrected chi connectivity index (χ1v) is 10.1. The van der Waals surface area contributed by atoms with E-state index in [2.05, 4.69) is 19.9 Å². The number of piperidine rings is 1. The summed E-state index contributed by atoms with van der Waals surface area (Å²) in [6, 6.07) is 7.69. The third-order valence-corrected chi connectivity index (χ3v) is 6.44. The van der Waals surface area contributed by atoms with Gasteiger partial charge in [-0.05, 0) is 62.1 Å². The Kier molecular flexibility index (Phi) is 4.28. The van der Waals surface area contributed by atoms with Gasteiger partial charge in [0, 0.05) is 41.2 Å². The summed E-state index contributed by atoms with van der Waals surface area (Å²) in [6.07, 6.45) is 6.15. The van der Waals surface area contributed by atoms with Gasteiger partial charge in [-0.15, -0.1) is 0 Å². The Bertz CT molecular complexity index is 1140. The van der Waals surface area contributed by atoms with Gasteiger partial charge in [-0.1, -0.05) is 0 Å². The monoisotopic (exact) mass is 391 g/mol. The van der Waals surface area contributed by atoms with Crippen molar-refractivity contribution >= 4 is 16.9 Å². The second-order valence-electron chi connectivity index (χ2n) is 8.27. The van der Waals surface area contributed by atoms with Crippen molar-refractivity contribution in [1.29, 1.82) is 0 Å². The number of anilines is 1. The summed E-state index contributed by atoms with van der Waals surface area (Å²) in [7, 11) is 1.65. The van der Waals surface area contributed by atoms with Crippen molar-refractivity contribution in [3.63, 3.8) is 0 Å². The number of H-pyrrole nitrogens is 1. The number of benzene rings is 1. The highest BCUT2D eigenvalue weighted by atomic mass is 16.5. The molecule has 29 heavy (non-hydrogen) atoms. The zero-order valence-corrected chi connectivity index (χ0v) is 16.6. The Balaban J connectivity index is 1.44. The van der Waals surface area contributed by atoms with Crippen molar-refractivity contribution in [1.82, 2.24) is 19.9 Å². The SMILES string of the molecule is COc1ccc2[nH]c(=O)c(CN3CCCC4(CCc5cnc(N)nc54)C3)cc2c1. The van der Waals surface area contributed by atoms with Gasteiger partial charge in [0.15, 0.2) is 0 Å². The van der Waals surface area contributed by atoms with Gasteiger partial charge in [0.25, 0.3) is 5.56 Å². The molecule has 0 radical (unpaired) electrons. The van der Waals surface area contributed by atoms with Gasteiger partial charge >= 0.3 is 0 Å². The van der Waals surface area contributed by atoms with Crippen LogP contribution in [-0.4, -0.2) is 40.1 Å². The highest BCUT2D eigenvalue weighted by molar-refractivity contribution is 5.80. The van der Waals surface area contributed by atoms with Crippen molar-refractivity contribution < 1.29 is 4.74 Å². The molecule has 1 fully saturated rings. The van der Waals surface area contributed by atoms with Crippen LogP contribution in [0.4, 0.5) is 5.95 Å². The molecule has 1 aliphatic heterocycles. The second kappa shape index (κ2) is 6.84. The number of fused-ring (bicyclic) bond motifs is 3. The standard InChI is InChI=1S/C22H25N5O2/c1-29-17-3-4-18-15(10-17)9-16(20(28)25-18)12-27-8-2-6-22(13-27)7-5-14-11-24-21(23)26-19(14)22/h3-4,9-11H,2,5-8,12-13H2,1H3,(H,25,28)(H2,23,24,26). The molecule has 0 amide bonds. The van der Waals surface area contributed by atoms with Crippen LogP contribution in [0.5, 0.6) is 5.75 Å². The Morgan fingerprint density at radius 3 is 3.07 bits per heavy atom. The fourth-order valence-electron chi connectivity index (χ4n) is 5.03. The average Bonchev–Trinajstić information content (AvgIpc) is 3.05. The summed E-state index contributed by atoms with van der Waals surface area (Å²) in [5, 5.41) is 0.984. The smallest absolute Gasteiger partial charge is 0.252 e. The molecule has 3 aromatic rings. The van der Waals surface area contributed by atoms with Crippen LogP contribution in [0.25, 0.3) is 10.9 Å². The Morgan fingerprint density at radius 2 is 2.21 bits per heavy atom. The summed E-state index contributed by atoms with van der Waals surface area (Å²) in [5.41, 5.74) is 9.82. The fourth-order valence-corrected chi connectivity index (χ4v) is 5.03. The van der Waals surface area contributed by atoms with E-state index in [1.165, 1.54) is 5.56 Å². The quantitative estimate of drug-likeness (QED) is 0.712. The number of pyridine rings is 1. The van der Waals surface area contributed by atoms with Crippen molar-refractivity contribution in [2.45, 2.75) is 37.6 Å². The van der Waals surface area contributed by atoms with Crippen LogP contribution in [0.3, 0.4) is 0 Å². The molecule has 150 valence electrons. The summed E-state index contributed by atoms with van der Waals surface area (Å²) < 4.78 is 5.32. The van der Waals surface area contributed by atoms with Gasteiger partial charge < -0.3 is 15.5 Å². The number of nitrogens with one attached hydrogen (secondary N) is 1. The maximum Gasteiger partial charge on any atom is 0.252 e. The molecule has 3 N–H and O–H groups in total. The largest absolute Gasteiger partial charge is 0.497 e. The summed E-state index contributed by atoms with van der Waals surface area (Å²) >= 11 is 0. The number of aromatic amines is 1. The second-order valence-corrected chi connectivity index (χ2v) is 8.27. The predicted molar refractivity (Wildman–Crippen MR) is 112 cm³/mol. The van der Waals surface area contributed by atoms with E-state index in [4.69, 9.17) is 10.5 Å².